The number of rotatable bonds is 2. The third-order valence-corrected chi connectivity index (χ3v) is 4.14. The highest BCUT2D eigenvalue weighted by atomic mass is 16.4. The van der Waals surface area contributed by atoms with Gasteiger partial charge in [0.05, 0.1) is 17.0 Å². The second kappa shape index (κ2) is 4.84. The summed E-state index contributed by atoms with van der Waals surface area (Å²) in [5, 5.41) is 19.4. The lowest BCUT2D eigenvalue weighted by molar-refractivity contribution is -0.142. The summed E-state index contributed by atoms with van der Waals surface area (Å²) in [6.45, 7) is 1.90. The lowest BCUT2D eigenvalue weighted by atomic mass is 9.78. The number of aliphatic carboxylic acids is 1. The Labute approximate surface area is 121 Å². The van der Waals surface area contributed by atoms with Crippen LogP contribution in [-0.4, -0.2) is 27.1 Å². The minimum absolute atomic E-state index is 0.0578. The maximum Gasteiger partial charge on any atom is 0.336 e. The Kier molecular flexibility index (Phi) is 3.12. The van der Waals surface area contributed by atoms with E-state index in [2.05, 4.69) is 4.98 Å². The number of aromatic carboxylic acids is 1. The fourth-order valence-corrected chi connectivity index (χ4v) is 3.19. The van der Waals surface area contributed by atoms with Gasteiger partial charge in [-0.15, -0.1) is 0 Å². The Morgan fingerprint density at radius 1 is 1.24 bits per heavy atom. The molecule has 0 aliphatic heterocycles. The second-order valence-electron chi connectivity index (χ2n) is 5.55. The van der Waals surface area contributed by atoms with Crippen LogP contribution in [0.4, 0.5) is 0 Å². The molecule has 0 saturated carbocycles. The zero-order valence-electron chi connectivity index (χ0n) is 11.5. The van der Waals surface area contributed by atoms with Crippen molar-refractivity contribution in [1.29, 1.82) is 0 Å². The van der Waals surface area contributed by atoms with Crippen LogP contribution in [0.25, 0.3) is 10.9 Å². The molecule has 108 valence electrons. The van der Waals surface area contributed by atoms with Crippen LogP contribution in [0.3, 0.4) is 0 Å². The monoisotopic (exact) mass is 285 g/mol. The summed E-state index contributed by atoms with van der Waals surface area (Å²) in [6, 6.07) is 7.10. The van der Waals surface area contributed by atoms with Crippen molar-refractivity contribution in [3.05, 3.63) is 41.1 Å². The second-order valence-corrected chi connectivity index (χ2v) is 5.55. The zero-order valence-corrected chi connectivity index (χ0v) is 11.5. The van der Waals surface area contributed by atoms with Gasteiger partial charge >= 0.3 is 11.9 Å². The van der Waals surface area contributed by atoms with Crippen molar-refractivity contribution in [2.24, 2.45) is 5.92 Å². The summed E-state index contributed by atoms with van der Waals surface area (Å²) in [6.07, 6.45) is 0.723. The largest absolute Gasteiger partial charge is 0.481 e. The SMILES string of the molecule is CC1CC(C(=O)O)Cc2c1nc1ccccc1c2C(=O)O. The molecule has 5 nitrogen and oxygen atoms in total. The lowest BCUT2D eigenvalue weighted by Gasteiger charge is -2.28. The number of nitrogens with zero attached hydrogens (tertiary/aromatic N) is 1. The summed E-state index contributed by atoms with van der Waals surface area (Å²) in [4.78, 5) is 27.6. The Bertz CT molecular complexity index is 753. The number of para-hydroxylation sites is 1. The molecule has 1 heterocycles. The molecule has 2 aromatic rings. The lowest BCUT2D eigenvalue weighted by Crippen LogP contribution is -2.27. The van der Waals surface area contributed by atoms with Crippen molar-refractivity contribution < 1.29 is 19.8 Å². The number of carboxylic acid groups (broad SMARTS) is 2. The third-order valence-electron chi connectivity index (χ3n) is 4.14. The number of aromatic nitrogens is 1. The van der Waals surface area contributed by atoms with Crippen LogP contribution in [0.2, 0.25) is 0 Å². The van der Waals surface area contributed by atoms with E-state index in [1.807, 2.05) is 13.0 Å². The predicted octanol–water partition coefficient (Wildman–Crippen LogP) is 2.68. The topological polar surface area (TPSA) is 87.5 Å². The zero-order chi connectivity index (χ0) is 15.1. The molecule has 1 aromatic carbocycles. The normalized spacial score (nSPS) is 21.0. The standard InChI is InChI=1S/C16H15NO4/c1-8-6-9(15(18)19)7-11-13(16(20)21)10-4-2-3-5-12(10)17-14(8)11/h2-5,8-9H,6-7H2,1H3,(H,18,19)(H,20,21). The molecule has 5 heteroatoms. The average molecular weight is 285 g/mol. The summed E-state index contributed by atoms with van der Waals surface area (Å²) in [5.74, 6) is -2.51. The highest BCUT2D eigenvalue weighted by Crippen LogP contribution is 2.37. The van der Waals surface area contributed by atoms with Crippen LogP contribution in [-0.2, 0) is 11.2 Å². The quantitative estimate of drug-likeness (QED) is 0.885. The van der Waals surface area contributed by atoms with Crippen LogP contribution in [0, 0.1) is 5.92 Å². The number of hydrogen-bond donors (Lipinski definition) is 2. The van der Waals surface area contributed by atoms with Gasteiger partial charge in [-0.1, -0.05) is 25.1 Å². The van der Waals surface area contributed by atoms with Crippen LogP contribution in [0.15, 0.2) is 24.3 Å². The van der Waals surface area contributed by atoms with E-state index in [1.165, 1.54) is 0 Å². The van der Waals surface area contributed by atoms with E-state index in [4.69, 9.17) is 0 Å². The number of pyridine rings is 1. The maximum absolute atomic E-state index is 11.7. The van der Waals surface area contributed by atoms with Gasteiger partial charge in [-0.25, -0.2) is 4.79 Å². The van der Waals surface area contributed by atoms with Crippen molar-refractivity contribution in [2.75, 3.05) is 0 Å². The maximum atomic E-state index is 11.7. The molecule has 1 aromatic heterocycles. The molecule has 0 saturated heterocycles. The van der Waals surface area contributed by atoms with E-state index >= 15 is 0 Å². The molecule has 2 atom stereocenters. The van der Waals surface area contributed by atoms with Crippen molar-refractivity contribution in [3.63, 3.8) is 0 Å². The van der Waals surface area contributed by atoms with Crippen molar-refractivity contribution in [1.82, 2.24) is 4.98 Å². The Morgan fingerprint density at radius 3 is 2.62 bits per heavy atom. The van der Waals surface area contributed by atoms with Crippen LogP contribution in [0.5, 0.6) is 0 Å². The molecule has 0 fully saturated rings. The van der Waals surface area contributed by atoms with Crippen LogP contribution < -0.4 is 0 Å². The van der Waals surface area contributed by atoms with E-state index in [9.17, 15) is 19.8 Å². The minimum Gasteiger partial charge on any atom is -0.481 e. The van der Waals surface area contributed by atoms with Gasteiger partial charge in [-0.2, -0.15) is 0 Å². The number of benzene rings is 1. The fourth-order valence-electron chi connectivity index (χ4n) is 3.19. The summed E-state index contributed by atoms with van der Waals surface area (Å²) < 4.78 is 0. The number of fused-ring (bicyclic) bond motifs is 2. The van der Waals surface area contributed by atoms with E-state index in [-0.39, 0.29) is 17.9 Å². The number of carboxylic acids is 2. The van der Waals surface area contributed by atoms with Crippen LogP contribution >= 0.6 is 0 Å². The third kappa shape index (κ3) is 2.14. The summed E-state index contributed by atoms with van der Waals surface area (Å²) >= 11 is 0. The molecule has 1 aliphatic carbocycles. The molecule has 0 bridgehead atoms. The van der Waals surface area contributed by atoms with Gasteiger partial charge in [0.25, 0.3) is 0 Å². The van der Waals surface area contributed by atoms with E-state index < -0.39 is 17.9 Å². The number of carbonyl (C=O) groups is 2. The van der Waals surface area contributed by atoms with E-state index in [0.717, 1.165) is 5.69 Å². The highest BCUT2D eigenvalue weighted by Gasteiger charge is 2.33. The molecular weight excluding hydrogens is 270 g/mol. The first-order chi connectivity index (χ1) is 9.99. The summed E-state index contributed by atoms with van der Waals surface area (Å²) in [7, 11) is 0. The first kappa shape index (κ1) is 13.5. The van der Waals surface area contributed by atoms with E-state index in [0.29, 0.717) is 22.9 Å². The first-order valence-electron chi connectivity index (χ1n) is 6.86. The first-order valence-corrected chi connectivity index (χ1v) is 6.86. The molecule has 21 heavy (non-hydrogen) atoms. The molecule has 0 spiro atoms. The molecule has 3 rings (SSSR count). The molecule has 0 radical (unpaired) electrons. The van der Waals surface area contributed by atoms with Gasteiger partial charge < -0.3 is 10.2 Å². The fraction of sp³-hybridized carbons (Fsp3) is 0.312. The van der Waals surface area contributed by atoms with Gasteiger partial charge in [0.15, 0.2) is 0 Å². The van der Waals surface area contributed by atoms with Gasteiger partial charge in [0.2, 0.25) is 0 Å². The van der Waals surface area contributed by atoms with Gasteiger partial charge in [-0.3, -0.25) is 9.78 Å². The Balaban J connectivity index is 2.31. The Hall–Kier alpha value is -2.43. The molecule has 0 amide bonds. The molecule has 2 N–H and O–H groups in total. The average Bonchev–Trinajstić information content (AvgIpc) is 2.44. The van der Waals surface area contributed by atoms with E-state index in [1.54, 1.807) is 18.2 Å². The minimum atomic E-state index is -1.02. The smallest absolute Gasteiger partial charge is 0.336 e. The Morgan fingerprint density at radius 2 is 1.95 bits per heavy atom. The highest BCUT2D eigenvalue weighted by molar-refractivity contribution is 6.04. The van der Waals surface area contributed by atoms with Crippen LogP contribution in [0.1, 0.15) is 40.9 Å². The van der Waals surface area contributed by atoms with Gasteiger partial charge in [0, 0.05) is 11.1 Å². The summed E-state index contributed by atoms with van der Waals surface area (Å²) in [5.41, 5.74) is 2.15. The van der Waals surface area contributed by atoms with Crippen molar-refractivity contribution >= 4 is 22.8 Å². The predicted molar refractivity (Wildman–Crippen MR) is 76.6 cm³/mol. The molecular formula is C16H15NO4. The van der Waals surface area contributed by atoms with Crippen molar-refractivity contribution in [2.45, 2.75) is 25.7 Å². The van der Waals surface area contributed by atoms with Gasteiger partial charge in [0.1, 0.15) is 0 Å². The number of hydrogen-bond acceptors (Lipinski definition) is 3. The van der Waals surface area contributed by atoms with Crippen molar-refractivity contribution in [3.8, 4) is 0 Å². The molecule has 2 unspecified atom stereocenters. The molecule has 1 aliphatic rings. The van der Waals surface area contributed by atoms with Gasteiger partial charge in [-0.05, 0) is 30.4 Å².